The van der Waals surface area contributed by atoms with E-state index in [9.17, 15) is 9.18 Å². The topological polar surface area (TPSA) is 38.3 Å². The number of carbonyl (C=O) groups is 1. The molecule has 3 nitrogen and oxygen atoms in total. The average molecular weight is 225 g/mol. The van der Waals surface area contributed by atoms with Crippen molar-refractivity contribution in [3.05, 3.63) is 35.6 Å². The van der Waals surface area contributed by atoms with Crippen molar-refractivity contribution >= 4 is 5.91 Å². The van der Waals surface area contributed by atoms with E-state index >= 15 is 0 Å². The van der Waals surface area contributed by atoms with Crippen molar-refractivity contribution in [2.75, 3.05) is 19.8 Å². The van der Waals surface area contributed by atoms with Gasteiger partial charge in [-0.3, -0.25) is 4.79 Å². The highest BCUT2D eigenvalue weighted by Crippen LogP contribution is 2.01. The average Bonchev–Trinajstić information content (AvgIpc) is 2.29. The molecule has 16 heavy (non-hydrogen) atoms. The van der Waals surface area contributed by atoms with Crippen LogP contribution in [0.15, 0.2) is 24.3 Å². The Balaban J connectivity index is 2.27. The molecule has 0 fully saturated rings. The van der Waals surface area contributed by atoms with E-state index < -0.39 is 0 Å². The second kappa shape index (κ2) is 6.95. The van der Waals surface area contributed by atoms with Crippen LogP contribution in [0.4, 0.5) is 4.39 Å². The van der Waals surface area contributed by atoms with Gasteiger partial charge in [-0.05, 0) is 30.7 Å². The normalized spacial score (nSPS) is 10.1. The lowest BCUT2D eigenvalue weighted by Crippen LogP contribution is -2.27. The van der Waals surface area contributed by atoms with Gasteiger partial charge in [-0.1, -0.05) is 6.92 Å². The number of halogens is 1. The second-order valence-electron chi connectivity index (χ2n) is 3.38. The van der Waals surface area contributed by atoms with Crippen LogP contribution in [0.3, 0.4) is 0 Å². The SMILES string of the molecule is CCCOCCNC(=O)c1ccc(F)cc1. The van der Waals surface area contributed by atoms with E-state index in [1.54, 1.807) is 0 Å². The van der Waals surface area contributed by atoms with Gasteiger partial charge in [0, 0.05) is 18.7 Å². The van der Waals surface area contributed by atoms with Crippen LogP contribution in [0.2, 0.25) is 0 Å². The summed E-state index contributed by atoms with van der Waals surface area (Å²) in [5.41, 5.74) is 0.455. The predicted molar refractivity (Wildman–Crippen MR) is 59.8 cm³/mol. The molecule has 0 aliphatic carbocycles. The highest BCUT2D eigenvalue weighted by molar-refractivity contribution is 5.94. The Kier molecular flexibility index (Phi) is 5.50. The fourth-order valence-electron chi connectivity index (χ4n) is 1.19. The van der Waals surface area contributed by atoms with Crippen molar-refractivity contribution in [3.8, 4) is 0 Å². The summed E-state index contributed by atoms with van der Waals surface area (Å²) < 4.78 is 17.8. The van der Waals surface area contributed by atoms with Gasteiger partial charge in [-0.25, -0.2) is 4.39 Å². The summed E-state index contributed by atoms with van der Waals surface area (Å²) >= 11 is 0. The molecule has 0 radical (unpaired) electrons. The number of amides is 1. The Morgan fingerprint density at radius 1 is 1.31 bits per heavy atom. The van der Waals surface area contributed by atoms with Gasteiger partial charge in [0.15, 0.2) is 0 Å². The van der Waals surface area contributed by atoms with E-state index in [0.717, 1.165) is 6.42 Å². The number of nitrogens with one attached hydrogen (secondary N) is 1. The van der Waals surface area contributed by atoms with Crippen molar-refractivity contribution in [2.45, 2.75) is 13.3 Å². The third-order valence-corrected chi connectivity index (χ3v) is 1.99. The fraction of sp³-hybridized carbons (Fsp3) is 0.417. The lowest BCUT2D eigenvalue weighted by molar-refractivity contribution is 0.0915. The summed E-state index contributed by atoms with van der Waals surface area (Å²) in [6, 6.07) is 5.44. The van der Waals surface area contributed by atoms with Crippen molar-refractivity contribution in [3.63, 3.8) is 0 Å². The maximum absolute atomic E-state index is 12.6. The first-order valence-corrected chi connectivity index (χ1v) is 5.35. The number of hydrogen-bond donors (Lipinski definition) is 1. The molecule has 0 atom stereocenters. The highest BCUT2D eigenvalue weighted by atomic mass is 19.1. The van der Waals surface area contributed by atoms with Crippen LogP contribution in [-0.4, -0.2) is 25.7 Å². The van der Waals surface area contributed by atoms with Crippen LogP contribution in [-0.2, 0) is 4.74 Å². The number of benzene rings is 1. The minimum Gasteiger partial charge on any atom is -0.380 e. The van der Waals surface area contributed by atoms with Gasteiger partial charge in [0.25, 0.3) is 5.91 Å². The quantitative estimate of drug-likeness (QED) is 0.752. The lowest BCUT2D eigenvalue weighted by atomic mass is 10.2. The second-order valence-corrected chi connectivity index (χ2v) is 3.38. The molecule has 1 N–H and O–H groups in total. The van der Waals surface area contributed by atoms with Crippen molar-refractivity contribution in [1.29, 1.82) is 0 Å². The first-order chi connectivity index (χ1) is 7.74. The third kappa shape index (κ3) is 4.40. The van der Waals surface area contributed by atoms with Gasteiger partial charge in [0.1, 0.15) is 5.82 Å². The molecule has 0 heterocycles. The van der Waals surface area contributed by atoms with E-state index in [1.165, 1.54) is 24.3 Å². The molecule has 0 aliphatic heterocycles. The molecule has 0 spiro atoms. The molecule has 0 saturated carbocycles. The third-order valence-electron chi connectivity index (χ3n) is 1.99. The van der Waals surface area contributed by atoms with Crippen LogP contribution >= 0.6 is 0 Å². The van der Waals surface area contributed by atoms with Crippen LogP contribution < -0.4 is 5.32 Å². The van der Waals surface area contributed by atoms with Crippen LogP contribution in [0.25, 0.3) is 0 Å². The molecule has 88 valence electrons. The maximum atomic E-state index is 12.6. The Morgan fingerprint density at radius 2 is 2.00 bits per heavy atom. The fourth-order valence-corrected chi connectivity index (χ4v) is 1.19. The Labute approximate surface area is 94.6 Å². The molecule has 1 aromatic carbocycles. The molecule has 0 unspecified atom stereocenters. The molecular formula is C12H16FNO2. The molecule has 1 rings (SSSR count). The zero-order valence-corrected chi connectivity index (χ0v) is 9.33. The first kappa shape index (κ1) is 12.6. The lowest BCUT2D eigenvalue weighted by Gasteiger charge is -2.05. The predicted octanol–water partition coefficient (Wildman–Crippen LogP) is 1.98. The molecule has 0 aromatic heterocycles. The van der Waals surface area contributed by atoms with E-state index in [1.807, 2.05) is 6.92 Å². The van der Waals surface area contributed by atoms with Crippen LogP contribution in [0, 0.1) is 5.82 Å². The molecule has 1 amide bonds. The Hall–Kier alpha value is -1.42. The molecule has 0 aliphatic rings. The standard InChI is InChI=1S/C12H16FNO2/c1-2-8-16-9-7-14-12(15)10-3-5-11(13)6-4-10/h3-6H,2,7-9H2,1H3,(H,14,15). The molecule has 4 heteroatoms. The number of ether oxygens (including phenoxy) is 1. The van der Waals surface area contributed by atoms with E-state index in [0.29, 0.717) is 25.3 Å². The van der Waals surface area contributed by atoms with Crippen molar-refractivity contribution in [2.24, 2.45) is 0 Å². The summed E-state index contributed by atoms with van der Waals surface area (Å²) in [5, 5.41) is 2.69. The van der Waals surface area contributed by atoms with Crippen molar-refractivity contribution in [1.82, 2.24) is 5.32 Å². The molecular weight excluding hydrogens is 209 g/mol. The van der Waals surface area contributed by atoms with Gasteiger partial charge in [0.2, 0.25) is 0 Å². The smallest absolute Gasteiger partial charge is 0.251 e. The van der Waals surface area contributed by atoms with E-state index in [4.69, 9.17) is 4.74 Å². The van der Waals surface area contributed by atoms with Gasteiger partial charge in [-0.15, -0.1) is 0 Å². The Bertz CT molecular complexity index is 324. The van der Waals surface area contributed by atoms with Crippen LogP contribution in [0.5, 0.6) is 0 Å². The van der Waals surface area contributed by atoms with E-state index in [-0.39, 0.29) is 11.7 Å². The summed E-state index contributed by atoms with van der Waals surface area (Å²) in [5.74, 6) is -0.553. The monoisotopic (exact) mass is 225 g/mol. The zero-order chi connectivity index (χ0) is 11.8. The van der Waals surface area contributed by atoms with Gasteiger partial charge in [0.05, 0.1) is 6.61 Å². The molecule has 0 saturated heterocycles. The number of carbonyl (C=O) groups excluding carboxylic acids is 1. The summed E-state index contributed by atoms with van der Waals surface area (Å²) in [7, 11) is 0. The minimum atomic E-state index is -0.345. The minimum absolute atomic E-state index is 0.208. The Morgan fingerprint density at radius 3 is 2.62 bits per heavy atom. The maximum Gasteiger partial charge on any atom is 0.251 e. The number of hydrogen-bond acceptors (Lipinski definition) is 2. The molecule has 0 bridgehead atoms. The summed E-state index contributed by atoms with van der Waals surface area (Å²) in [4.78, 5) is 11.5. The highest BCUT2D eigenvalue weighted by Gasteiger charge is 2.03. The first-order valence-electron chi connectivity index (χ1n) is 5.35. The summed E-state index contributed by atoms with van der Waals surface area (Å²) in [6.45, 7) is 3.69. The van der Waals surface area contributed by atoms with E-state index in [2.05, 4.69) is 5.32 Å². The summed E-state index contributed by atoms with van der Waals surface area (Å²) in [6.07, 6.45) is 0.964. The molecule has 1 aromatic rings. The van der Waals surface area contributed by atoms with Gasteiger partial charge >= 0.3 is 0 Å². The van der Waals surface area contributed by atoms with Gasteiger partial charge < -0.3 is 10.1 Å². The van der Waals surface area contributed by atoms with Crippen molar-refractivity contribution < 1.29 is 13.9 Å². The van der Waals surface area contributed by atoms with Gasteiger partial charge in [-0.2, -0.15) is 0 Å². The van der Waals surface area contributed by atoms with Crippen LogP contribution in [0.1, 0.15) is 23.7 Å². The zero-order valence-electron chi connectivity index (χ0n) is 9.33. The number of rotatable bonds is 6. The largest absolute Gasteiger partial charge is 0.380 e.